The second-order valence-corrected chi connectivity index (χ2v) is 10.6. The van der Waals surface area contributed by atoms with Gasteiger partial charge in [0, 0.05) is 7.11 Å². The van der Waals surface area contributed by atoms with Crippen molar-refractivity contribution >= 4 is 0 Å². The van der Waals surface area contributed by atoms with Gasteiger partial charge in [0.05, 0.1) is 11.7 Å². The van der Waals surface area contributed by atoms with Crippen LogP contribution in [0.4, 0.5) is 0 Å². The number of hydrogen-bond acceptors (Lipinski definition) is 3. The van der Waals surface area contributed by atoms with E-state index in [0.717, 1.165) is 56.6 Å². The first-order valence-electron chi connectivity index (χ1n) is 12.1. The van der Waals surface area contributed by atoms with Crippen LogP contribution >= 0.6 is 0 Å². The molecule has 0 aromatic rings. The highest BCUT2D eigenvalue weighted by atomic mass is 16.3. The van der Waals surface area contributed by atoms with Crippen molar-refractivity contribution in [3.63, 3.8) is 0 Å². The van der Waals surface area contributed by atoms with Gasteiger partial charge >= 0.3 is 0 Å². The van der Waals surface area contributed by atoms with Crippen LogP contribution in [0.3, 0.4) is 0 Å². The van der Waals surface area contributed by atoms with Gasteiger partial charge in [-0.1, -0.05) is 44.1 Å². The Bertz CT molecular complexity index is 625. The highest BCUT2D eigenvalue weighted by Gasteiger charge is 2.48. The molecule has 3 saturated carbocycles. The fourth-order valence-electron chi connectivity index (χ4n) is 6.20. The summed E-state index contributed by atoms with van der Waals surface area (Å²) in [6.45, 7) is 10.5. The van der Waals surface area contributed by atoms with Crippen molar-refractivity contribution in [2.24, 2.45) is 17.3 Å². The maximum atomic E-state index is 10.1. The number of fused-ring (bicyclic) bond motifs is 1. The van der Waals surface area contributed by atoms with Gasteiger partial charge in [0.25, 0.3) is 0 Å². The van der Waals surface area contributed by atoms with E-state index in [1.165, 1.54) is 50.5 Å². The summed E-state index contributed by atoms with van der Waals surface area (Å²) in [5, 5.41) is 27.0. The van der Waals surface area contributed by atoms with Gasteiger partial charge in [0.2, 0.25) is 0 Å². The van der Waals surface area contributed by atoms with E-state index >= 15 is 0 Å². The van der Waals surface area contributed by atoms with Gasteiger partial charge in [0.1, 0.15) is 0 Å². The van der Waals surface area contributed by atoms with Crippen LogP contribution in [-0.4, -0.2) is 34.1 Å². The van der Waals surface area contributed by atoms with E-state index in [-0.39, 0.29) is 6.10 Å². The Hall–Kier alpha value is -0.900. The first kappa shape index (κ1) is 25.4. The Morgan fingerprint density at radius 2 is 1.80 bits per heavy atom. The minimum Gasteiger partial charge on any atom is -0.400 e. The van der Waals surface area contributed by atoms with Crippen LogP contribution in [0.15, 0.2) is 35.5 Å². The molecule has 0 radical (unpaired) electrons. The molecule has 0 amide bonds. The first-order valence-corrected chi connectivity index (χ1v) is 12.1. The third-order valence-electron chi connectivity index (χ3n) is 7.99. The smallest absolute Gasteiger partial charge is 0.0787 e. The summed E-state index contributed by atoms with van der Waals surface area (Å²) in [4.78, 5) is 0. The predicted octanol–water partition coefficient (Wildman–Crippen LogP) is 6.10. The summed E-state index contributed by atoms with van der Waals surface area (Å²) in [5.74, 6) is 1.57. The summed E-state index contributed by atoms with van der Waals surface area (Å²) >= 11 is 0. The molecule has 0 bridgehead atoms. The standard InChI is InChI=1S/C26H42O2.CH4O/c1-19-20(9-7-12-24(19)27)13-14-21-10-8-18-26(4)22(15-16-23(21)26)11-5-6-17-25(2,3)28;1-2/h13-14,22-24,27-28H,1,5-12,15-18H2,2-4H3;2H,1H3/b20-13-,21-14+;. The Kier molecular flexibility index (Phi) is 9.39. The molecule has 0 spiro atoms. The van der Waals surface area contributed by atoms with E-state index in [1.807, 2.05) is 13.8 Å². The van der Waals surface area contributed by atoms with Crippen LogP contribution in [-0.2, 0) is 0 Å². The third kappa shape index (κ3) is 6.31. The molecule has 4 atom stereocenters. The SMILES string of the molecule is C=C1/C(=C\C=C2/CCCC3(C)C(CCCCC(C)(C)O)CCC23)CCCC1O.CO. The summed E-state index contributed by atoms with van der Waals surface area (Å²) in [6.07, 6.45) is 18.6. The molecular formula is C27H46O3. The topological polar surface area (TPSA) is 60.7 Å². The van der Waals surface area contributed by atoms with Crippen molar-refractivity contribution in [2.45, 2.75) is 110 Å². The summed E-state index contributed by atoms with van der Waals surface area (Å²) in [6, 6.07) is 0. The largest absolute Gasteiger partial charge is 0.400 e. The summed E-state index contributed by atoms with van der Waals surface area (Å²) in [5.41, 5.74) is 3.79. The second-order valence-electron chi connectivity index (χ2n) is 10.6. The zero-order valence-electron chi connectivity index (χ0n) is 19.9. The van der Waals surface area contributed by atoms with E-state index in [2.05, 4.69) is 25.7 Å². The van der Waals surface area contributed by atoms with Crippen molar-refractivity contribution in [2.75, 3.05) is 7.11 Å². The van der Waals surface area contributed by atoms with Crippen LogP contribution in [0.5, 0.6) is 0 Å². The van der Waals surface area contributed by atoms with Gasteiger partial charge in [-0.05, 0) is 106 Å². The van der Waals surface area contributed by atoms with Crippen LogP contribution in [0.1, 0.15) is 97.8 Å². The lowest BCUT2D eigenvalue weighted by atomic mass is 9.62. The molecule has 0 saturated heterocycles. The second kappa shape index (κ2) is 11.1. The maximum Gasteiger partial charge on any atom is 0.0787 e. The summed E-state index contributed by atoms with van der Waals surface area (Å²) < 4.78 is 0. The van der Waals surface area contributed by atoms with E-state index in [0.29, 0.717) is 5.41 Å². The monoisotopic (exact) mass is 418 g/mol. The predicted molar refractivity (Wildman–Crippen MR) is 126 cm³/mol. The fraction of sp³-hybridized carbons (Fsp3) is 0.778. The first-order chi connectivity index (χ1) is 14.2. The van der Waals surface area contributed by atoms with E-state index in [1.54, 1.807) is 5.57 Å². The minimum absolute atomic E-state index is 0.338. The molecule has 3 aliphatic carbocycles. The zero-order chi connectivity index (χ0) is 22.4. The lowest BCUT2D eigenvalue weighted by molar-refractivity contribution is 0.0660. The lowest BCUT2D eigenvalue weighted by Gasteiger charge is -2.42. The van der Waals surface area contributed by atoms with Crippen LogP contribution in [0, 0.1) is 17.3 Å². The lowest BCUT2D eigenvalue weighted by Crippen LogP contribution is -2.33. The maximum absolute atomic E-state index is 10.1. The normalized spacial score (nSPS) is 34.6. The van der Waals surface area contributed by atoms with E-state index in [9.17, 15) is 10.2 Å². The van der Waals surface area contributed by atoms with Gasteiger partial charge in [0.15, 0.2) is 0 Å². The molecule has 3 nitrogen and oxygen atoms in total. The fourth-order valence-corrected chi connectivity index (χ4v) is 6.20. The van der Waals surface area contributed by atoms with Gasteiger partial charge in [-0.3, -0.25) is 0 Å². The molecule has 172 valence electrons. The number of hydrogen-bond donors (Lipinski definition) is 3. The highest BCUT2D eigenvalue weighted by Crippen LogP contribution is 2.58. The summed E-state index contributed by atoms with van der Waals surface area (Å²) in [7, 11) is 1.00. The molecule has 3 aliphatic rings. The Labute approximate surface area is 185 Å². The van der Waals surface area contributed by atoms with Crippen LogP contribution < -0.4 is 0 Å². The van der Waals surface area contributed by atoms with Crippen LogP contribution in [0.2, 0.25) is 0 Å². The van der Waals surface area contributed by atoms with E-state index < -0.39 is 5.60 Å². The van der Waals surface area contributed by atoms with Crippen molar-refractivity contribution < 1.29 is 15.3 Å². The molecule has 0 aliphatic heterocycles. The number of allylic oxidation sites excluding steroid dienone is 3. The van der Waals surface area contributed by atoms with Crippen LogP contribution in [0.25, 0.3) is 0 Å². The van der Waals surface area contributed by atoms with Crippen molar-refractivity contribution in [1.29, 1.82) is 0 Å². The average Bonchev–Trinajstić information content (AvgIpc) is 3.04. The quantitative estimate of drug-likeness (QED) is 0.457. The number of unbranched alkanes of at least 4 members (excludes halogenated alkanes) is 1. The molecular weight excluding hydrogens is 372 g/mol. The molecule has 0 aromatic carbocycles. The average molecular weight is 419 g/mol. The number of aliphatic hydroxyl groups excluding tert-OH is 2. The van der Waals surface area contributed by atoms with Crippen molar-refractivity contribution in [1.82, 2.24) is 0 Å². The van der Waals surface area contributed by atoms with Crippen molar-refractivity contribution in [3.8, 4) is 0 Å². The molecule has 3 N–H and O–H groups in total. The number of aliphatic hydroxyl groups is 3. The van der Waals surface area contributed by atoms with Gasteiger partial charge in [-0.2, -0.15) is 0 Å². The van der Waals surface area contributed by atoms with Crippen molar-refractivity contribution in [3.05, 3.63) is 35.5 Å². The van der Waals surface area contributed by atoms with Gasteiger partial charge in [-0.25, -0.2) is 0 Å². The van der Waals surface area contributed by atoms with Gasteiger partial charge < -0.3 is 15.3 Å². The van der Waals surface area contributed by atoms with Gasteiger partial charge in [-0.15, -0.1) is 0 Å². The Balaban J connectivity index is 0.00000155. The molecule has 3 fully saturated rings. The third-order valence-corrected chi connectivity index (χ3v) is 7.99. The Morgan fingerprint density at radius 3 is 2.50 bits per heavy atom. The minimum atomic E-state index is -0.521. The Morgan fingerprint density at radius 1 is 1.07 bits per heavy atom. The zero-order valence-corrected chi connectivity index (χ0v) is 19.9. The number of rotatable bonds is 6. The molecule has 4 unspecified atom stereocenters. The van der Waals surface area contributed by atoms with E-state index in [4.69, 9.17) is 5.11 Å². The molecule has 0 heterocycles. The molecule has 3 heteroatoms. The molecule has 3 rings (SSSR count). The highest BCUT2D eigenvalue weighted by molar-refractivity contribution is 5.37. The molecule has 0 aromatic heterocycles. The molecule has 30 heavy (non-hydrogen) atoms.